The quantitative estimate of drug-likeness (QED) is 0.865. The molecule has 0 radical (unpaired) electrons. The molecular formula is C12H18ClNO2. The highest BCUT2D eigenvalue weighted by Gasteiger charge is 2.14. The van der Waals surface area contributed by atoms with Crippen molar-refractivity contribution in [3.63, 3.8) is 0 Å². The summed E-state index contributed by atoms with van der Waals surface area (Å²) in [4.78, 5) is 0. The van der Waals surface area contributed by atoms with Crippen molar-refractivity contribution in [2.45, 2.75) is 19.8 Å². The maximum absolute atomic E-state index is 6.23. The summed E-state index contributed by atoms with van der Waals surface area (Å²) in [6.45, 7) is 2.65. The summed E-state index contributed by atoms with van der Waals surface area (Å²) in [6.07, 6.45) is 1.84. The molecule has 1 rings (SSSR count). The van der Waals surface area contributed by atoms with Crippen LogP contribution < -0.4 is 15.2 Å². The summed E-state index contributed by atoms with van der Waals surface area (Å²) in [5, 5.41) is 0.619. The second kappa shape index (κ2) is 5.97. The van der Waals surface area contributed by atoms with Gasteiger partial charge in [0.25, 0.3) is 0 Å². The molecule has 0 atom stereocenters. The Bertz CT molecular complexity index is 367. The molecule has 0 fully saturated rings. The smallest absolute Gasteiger partial charge is 0.179 e. The van der Waals surface area contributed by atoms with E-state index in [1.165, 1.54) is 0 Å². The standard InChI is InChI=1S/C12H18ClNO2/c1-8-9(5-4-6-14)7-10(15-2)12(16-3)11(8)13/h7H,4-6,14H2,1-3H3. The van der Waals surface area contributed by atoms with Gasteiger partial charge in [-0.15, -0.1) is 0 Å². The second-order valence-corrected chi connectivity index (χ2v) is 3.98. The van der Waals surface area contributed by atoms with Gasteiger partial charge in [0.05, 0.1) is 19.2 Å². The van der Waals surface area contributed by atoms with E-state index in [1.807, 2.05) is 13.0 Å². The number of ether oxygens (including phenoxy) is 2. The van der Waals surface area contributed by atoms with Gasteiger partial charge in [-0.25, -0.2) is 0 Å². The van der Waals surface area contributed by atoms with E-state index in [-0.39, 0.29) is 0 Å². The van der Waals surface area contributed by atoms with Crippen LogP contribution in [0.5, 0.6) is 11.5 Å². The first-order chi connectivity index (χ1) is 7.65. The van der Waals surface area contributed by atoms with E-state index < -0.39 is 0 Å². The summed E-state index contributed by atoms with van der Waals surface area (Å²) < 4.78 is 10.5. The van der Waals surface area contributed by atoms with Gasteiger partial charge in [0.1, 0.15) is 0 Å². The number of methoxy groups -OCH3 is 2. The summed E-state index contributed by atoms with van der Waals surface area (Å²) in [5.41, 5.74) is 7.70. The molecule has 0 spiro atoms. The highest BCUT2D eigenvalue weighted by molar-refractivity contribution is 6.33. The number of nitrogens with two attached hydrogens (primary N) is 1. The van der Waals surface area contributed by atoms with Gasteiger partial charge in [0, 0.05) is 0 Å². The molecule has 4 heteroatoms. The van der Waals surface area contributed by atoms with Crippen molar-refractivity contribution in [1.82, 2.24) is 0 Å². The molecule has 90 valence electrons. The SMILES string of the molecule is COc1cc(CCCN)c(C)c(Cl)c1OC. The van der Waals surface area contributed by atoms with E-state index in [1.54, 1.807) is 14.2 Å². The molecular weight excluding hydrogens is 226 g/mol. The zero-order valence-corrected chi connectivity index (χ0v) is 10.7. The van der Waals surface area contributed by atoms with Crippen LogP contribution in [-0.2, 0) is 6.42 Å². The molecule has 0 aliphatic carbocycles. The van der Waals surface area contributed by atoms with Crippen molar-refractivity contribution >= 4 is 11.6 Å². The molecule has 0 saturated carbocycles. The van der Waals surface area contributed by atoms with Crippen LogP contribution in [0.25, 0.3) is 0 Å². The topological polar surface area (TPSA) is 44.5 Å². The maximum Gasteiger partial charge on any atom is 0.179 e. The van der Waals surface area contributed by atoms with E-state index in [0.717, 1.165) is 24.0 Å². The lowest BCUT2D eigenvalue weighted by Crippen LogP contribution is -2.03. The lowest BCUT2D eigenvalue weighted by molar-refractivity contribution is 0.354. The Morgan fingerprint density at radius 3 is 2.50 bits per heavy atom. The van der Waals surface area contributed by atoms with Gasteiger partial charge in [0.2, 0.25) is 0 Å². The molecule has 2 N–H and O–H groups in total. The highest BCUT2D eigenvalue weighted by atomic mass is 35.5. The number of aryl methyl sites for hydroxylation is 1. The Labute approximate surface area is 101 Å². The first-order valence-electron chi connectivity index (χ1n) is 5.25. The Morgan fingerprint density at radius 2 is 2.00 bits per heavy atom. The van der Waals surface area contributed by atoms with Crippen molar-refractivity contribution in [3.8, 4) is 11.5 Å². The van der Waals surface area contributed by atoms with Crippen LogP contribution in [0.15, 0.2) is 6.07 Å². The van der Waals surface area contributed by atoms with Gasteiger partial charge in [-0.3, -0.25) is 0 Å². The fraction of sp³-hybridized carbons (Fsp3) is 0.500. The molecule has 0 unspecified atom stereocenters. The van der Waals surface area contributed by atoms with Crippen LogP contribution in [0.4, 0.5) is 0 Å². The molecule has 0 aliphatic heterocycles. The van der Waals surface area contributed by atoms with Gasteiger partial charge in [0.15, 0.2) is 11.5 Å². The minimum Gasteiger partial charge on any atom is -0.493 e. The minimum absolute atomic E-state index is 0.596. The first-order valence-corrected chi connectivity index (χ1v) is 5.63. The molecule has 0 amide bonds. The van der Waals surface area contributed by atoms with Crippen molar-refractivity contribution in [2.24, 2.45) is 5.73 Å². The summed E-state index contributed by atoms with van der Waals surface area (Å²) in [6, 6.07) is 1.97. The average molecular weight is 244 g/mol. The van der Waals surface area contributed by atoms with Crippen molar-refractivity contribution in [2.75, 3.05) is 20.8 Å². The van der Waals surface area contributed by atoms with E-state index in [9.17, 15) is 0 Å². The third-order valence-corrected chi connectivity index (χ3v) is 3.07. The minimum atomic E-state index is 0.596. The Hall–Kier alpha value is -0.930. The number of rotatable bonds is 5. The molecule has 0 bridgehead atoms. The predicted octanol–water partition coefficient (Wildman–Crippen LogP) is 2.56. The van der Waals surface area contributed by atoms with E-state index in [0.29, 0.717) is 23.1 Å². The van der Waals surface area contributed by atoms with Gasteiger partial charge >= 0.3 is 0 Å². The molecule has 0 aromatic heterocycles. The third-order valence-electron chi connectivity index (χ3n) is 2.61. The largest absolute Gasteiger partial charge is 0.493 e. The summed E-state index contributed by atoms with van der Waals surface area (Å²) >= 11 is 6.23. The van der Waals surface area contributed by atoms with Crippen molar-refractivity contribution < 1.29 is 9.47 Å². The number of hydrogen-bond donors (Lipinski definition) is 1. The second-order valence-electron chi connectivity index (χ2n) is 3.60. The normalized spacial score (nSPS) is 10.3. The summed E-state index contributed by atoms with van der Waals surface area (Å²) in [7, 11) is 3.19. The van der Waals surface area contributed by atoms with Gasteiger partial charge in [-0.05, 0) is 43.5 Å². The molecule has 16 heavy (non-hydrogen) atoms. The van der Waals surface area contributed by atoms with Crippen LogP contribution in [0.3, 0.4) is 0 Å². The average Bonchev–Trinajstić information content (AvgIpc) is 2.30. The molecule has 1 aromatic carbocycles. The number of halogens is 1. The van der Waals surface area contributed by atoms with Crippen LogP contribution in [0.1, 0.15) is 17.5 Å². The molecule has 1 aromatic rings. The lowest BCUT2D eigenvalue weighted by Gasteiger charge is -2.15. The predicted molar refractivity (Wildman–Crippen MR) is 66.7 cm³/mol. The van der Waals surface area contributed by atoms with E-state index in [2.05, 4.69) is 0 Å². The van der Waals surface area contributed by atoms with Gasteiger partial charge in [-0.2, -0.15) is 0 Å². The van der Waals surface area contributed by atoms with E-state index in [4.69, 9.17) is 26.8 Å². The zero-order chi connectivity index (χ0) is 12.1. The third kappa shape index (κ3) is 2.60. The molecule has 0 heterocycles. The highest BCUT2D eigenvalue weighted by Crippen LogP contribution is 2.39. The van der Waals surface area contributed by atoms with Crippen LogP contribution in [0.2, 0.25) is 5.02 Å². The van der Waals surface area contributed by atoms with Crippen LogP contribution in [0, 0.1) is 6.92 Å². The fourth-order valence-corrected chi connectivity index (χ4v) is 1.94. The zero-order valence-electron chi connectivity index (χ0n) is 9.97. The Morgan fingerprint density at radius 1 is 1.31 bits per heavy atom. The molecule has 0 aliphatic rings. The van der Waals surface area contributed by atoms with Crippen molar-refractivity contribution in [3.05, 3.63) is 22.2 Å². The Balaban J connectivity index is 3.16. The first kappa shape index (κ1) is 13.1. The fourth-order valence-electron chi connectivity index (χ4n) is 1.65. The van der Waals surface area contributed by atoms with Gasteiger partial charge < -0.3 is 15.2 Å². The summed E-state index contributed by atoms with van der Waals surface area (Å²) in [5.74, 6) is 1.27. The number of hydrogen-bond acceptors (Lipinski definition) is 3. The van der Waals surface area contributed by atoms with E-state index >= 15 is 0 Å². The molecule has 3 nitrogen and oxygen atoms in total. The monoisotopic (exact) mass is 243 g/mol. The molecule has 0 saturated heterocycles. The van der Waals surface area contributed by atoms with Crippen molar-refractivity contribution in [1.29, 1.82) is 0 Å². The Kier molecular flexibility index (Phi) is 4.90. The lowest BCUT2D eigenvalue weighted by atomic mass is 10.0. The maximum atomic E-state index is 6.23. The number of benzene rings is 1. The van der Waals surface area contributed by atoms with Crippen LogP contribution >= 0.6 is 11.6 Å². The van der Waals surface area contributed by atoms with Gasteiger partial charge in [-0.1, -0.05) is 11.6 Å². The van der Waals surface area contributed by atoms with Crippen LogP contribution in [-0.4, -0.2) is 20.8 Å².